The van der Waals surface area contributed by atoms with Crippen LogP contribution in [0.15, 0.2) is 60.8 Å². The van der Waals surface area contributed by atoms with Crippen molar-refractivity contribution in [3.05, 3.63) is 60.8 Å². The van der Waals surface area contributed by atoms with Gasteiger partial charge in [-0.3, -0.25) is 0 Å². The minimum Gasteiger partial charge on any atom is -0.494 e. The third-order valence-corrected chi connectivity index (χ3v) is 4.41. The summed E-state index contributed by atoms with van der Waals surface area (Å²) in [5.74, 6) is 1.85. The van der Waals surface area contributed by atoms with Crippen molar-refractivity contribution in [3.63, 3.8) is 0 Å². The second-order valence-corrected chi connectivity index (χ2v) is 6.84. The van der Waals surface area contributed by atoms with Crippen molar-refractivity contribution in [1.82, 2.24) is 19.7 Å². The molecule has 8 heteroatoms. The summed E-state index contributed by atoms with van der Waals surface area (Å²) in [6.07, 6.45) is 1.23. The summed E-state index contributed by atoms with van der Waals surface area (Å²) in [5.41, 5.74) is 2.44. The minimum atomic E-state index is -0.522. The van der Waals surface area contributed by atoms with Crippen LogP contribution in [0.1, 0.15) is 13.8 Å². The molecular formula is C22H24N6O2. The molecule has 0 aliphatic carbocycles. The van der Waals surface area contributed by atoms with E-state index >= 15 is 0 Å². The molecule has 0 radical (unpaired) electrons. The molecule has 2 heterocycles. The van der Waals surface area contributed by atoms with Gasteiger partial charge >= 0.3 is 0 Å². The number of nitrogens with zero attached hydrogens (tertiary/aromatic N) is 4. The third kappa shape index (κ3) is 4.33. The first-order valence-corrected chi connectivity index (χ1v) is 9.87. The number of fused-ring (bicyclic) bond motifs is 1. The summed E-state index contributed by atoms with van der Waals surface area (Å²) in [4.78, 5) is 9.24. The monoisotopic (exact) mass is 404 g/mol. The Morgan fingerprint density at radius 1 is 1.07 bits per heavy atom. The van der Waals surface area contributed by atoms with E-state index in [4.69, 9.17) is 4.74 Å². The molecule has 2 aromatic carbocycles. The van der Waals surface area contributed by atoms with Crippen LogP contribution in [-0.4, -0.2) is 44.1 Å². The Hall–Kier alpha value is -3.65. The predicted molar refractivity (Wildman–Crippen MR) is 118 cm³/mol. The molecule has 1 atom stereocenters. The Kier molecular flexibility index (Phi) is 5.76. The number of benzene rings is 2. The Balaban J connectivity index is 1.74. The van der Waals surface area contributed by atoms with E-state index in [1.165, 1.54) is 0 Å². The number of nitrogens with one attached hydrogen (secondary N) is 2. The van der Waals surface area contributed by atoms with Gasteiger partial charge < -0.3 is 20.5 Å². The number of hydrogen-bond donors (Lipinski definition) is 3. The Morgan fingerprint density at radius 2 is 1.83 bits per heavy atom. The molecule has 0 spiro atoms. The van der Waals surface area contributed by atoms with E-state index in [9.17, 15) is 5.11 Å². The zero-order chi connectivity index (χ0) is 20.9. The highest BCUT2D eigenvalue weighted by Crippen LogP contribution is 2.27. The van der Waals surface area contributed by atoms with Crippen LogP contribution >= 0.6 is 0 Å². The lowest BCUT2D eigenvalue weighted by Gasteiger charge is -2.12. The zero-order valence-corrected chi connectivity index (χ0v) is 16.9. The number of aliphatic hydroxyl groups is 1. The van der Waals surface area contributed by atoms with Gasteiger partial charge in [-0.2, -0.15) is 15.1 Å². The lowest BCUT2D eigenvalue weighted by Crippen LogP contribution is -2.17. The van der Waals surface area contributed by atoms with E-state index in [0.29, 0.717) is 30.6 Å². The molecule has 154 valence electrons. The highest BCUT2D eigenvalue weighted by atomic mass is 16.5. The number of anilines is 3. The molecule has 0 fully saturated rings. The first-order chi connectivity index (χ1) is 14.6. The molecule has 0 aliphatic rings. The minimum absolute atomic E-state index is 0.341. The normalized spacial score (nSPS) is 12.0. The number of hydrogen-bond acceptors (Lipinski definition) is 7. The van der Waals surface area contributed by atoms with Crippen LogP contribution in [0.25, 0.3) is 16.7 Å². The fourth-order valence-electron chi connectivity index (χ4n) is 3.02. The molecule has 0 aliphatic heterocycles. The molecule has 0 amide bonds. The van der Waals surface area contributed by atoms with Crippen molar-refractivity contribution in [2.45, 2.75) is 20.0 Å². The maximum Gasteiger partial charge on any atom is 0.226 e. The van der Waals surface area contributed by atoms with Gasteiger partial charge in [-0.1, -0.05) is 18.2 Å². The standard InChI is InChI=1S/C22H24N6O2/c1-3-30-18-11-9-16(10-12-18)25-20-19-14-24-28(17-7-5-4-6-8-17)21(19)27-22(26-20)23-13-15(2)29/h4-12,14-15,29H,3,13H2,1-2H3,(H2,23,25,26,27). The van der Waals surface area contributed by atoms with Gasteiger partial charge in [0.15, 0.2) is 5.65 Å². The van der Waals surface area contributed by atoms with Crippen LogP contribution in [0.4, 0.5) is 17.5 Å². The molecule has 3 N–H and O–H groups in total. The summed E-state index contributed by atoms with van der Waals surface area (Å²) in [5, 5.41) is 21.4. The maximum atomic E-state index is 9.63. The molecule has 8 nitrogen and oxygen atoms in total. The number of aliphatic hydroxyl groups excluding tert-OH is 1. The van der Waals surface area contributed by atoms with E-state index < -0.39 is 6.10 Å². The van der Waals surface area contributed by atoms with Crippen LogP contribution in [0.3, 0.4) is 0 Å². The predicted octanol–water partition coefficient (Wildman–Crippen LogP) is 3.75. The summed E-state index contributed by atoms with van der Waals surface area (Å²) in [6, 6.07) is 17.5. The second-order valence-electron chi connectivity index (χ2n) is 6.84. The van der Waals surface area contributed by atoms with Crippen molar-refractivity contribution >= 4 is 28.5 Å². The number of para-hydroxylation sites is 1. The highest BCUT2D eigenvalue weighted by molar-refractivity contribution is 5.90. The topological polar surface area (TPSA) is 97.1 Å². The fourth-order valence-corrected chi connectivity index (χ4v) is 3.02. The highest BCUT2D eigenvalue weighted by Gasteiger charge is 2.15. The Labute approximate surface area is 174 Å². The Morgan fingerprint density at radius 3 is 2.53 bits per heavy atom. The molecular weight excluding hydrogens is 380 g/mol. The van der Waals surface area contributed by atoms with Gasteiger partial charge in [-0.15, -0.1) is 0 Å². The molecule has 4 aromatic rings. The summed E-state index contributed by atoms with van der Waals surface area (Å²) in [6.45, 7) is 4.62. The largest absolute Gasteiger partial charge is 0.494 e. The maximum absolute atomic E-state index is 9.63. The fraction of sp³-hybridized carbons (Fsp3) is 0.227. The van der Waals surface area contributed by atoms with Crippen molar-refractivity contribution in [1.29, 1.82) is 0 Å². The van der Waals surface area contributed by atoms with Gasteiger partial charge in [0.05, 0.1) is 30.0 Å². The first-order valence-electron chi connectivity index (χ1n) is 9.87. The number of rotatable bonds is 8. The summed E-state index contributed by atoms with van der Waals surface area (Å²) >= 11 is 0. The lowest BCUT2D eigenvalue weighted by atomic mass is 10.3. The molecule has 0 saturated carbocycles. The van der Waals surface area contributed by atoms with E-state index in [1.807, 2.05) is 61.5 Å². The lowest BCUT2D eigenvalue weighted by molar-refractivity contribution is 0.208. The zero-order valence-electron chi connectivity index (χ0n) is 16.9. The molecule has 2 aromatic heterocycles. The molecule has 0 saturated heterocycles. The first kappa shape index (κ1) is 19.7. The molecule has 0 bridgehead atoms. The van der Waals surface area contributed by atoms with Crippen LogP contribution in [0.5, 0.6) is 5.75 Å². The van der Waals surface area contributed by atoms with E-state index in [0.717, 1.165) is 22.5 Å². The van der Waals surface area contributed by atoms with Gasteiger partial charge in [-0.25, -0.2) is 4.68 Å². The average molecular weight is 404 g/mol. The van der Waals surface area contributed by atoms with Gasteiger partial charge in [0.2, 0.25) is 5.95 Å². The SMILES string of the molecule is CCOc1ccc(Nc2nc(NCC(C)O)nc3c2cnn3-c2ccccc2)cc1. The van der Waals surface area contributed by atoms with Gasteiger partial charge in [0.25, 0.3) is 0 Å². The smallest absolute Gasteiger partial charge is 0.226 e. The second kappa shape index (κ2) is 8.79. The van der Waals surface area contributed by atoms with Crippen LogP contribution in [0.2, 0.25) is 0 Å². The van der Waals surface area contributed by atoms with E-state index in [2.05, 4.69) is 25.7 Å². The summed E-state index contributed by atoms with van der Waals surface area (Å²) < 4.78 is 7.28. The van der Waals surface area contributed by atoms with Crippen molar-refractivity contribution in [2.75, 3.05) is 23.8 Å². The Bertz CT molecular complexity index is 1110. The van der Waals surface area contributed by atoms with Crippen LogP contribution in [-0.2, 0) is 0 Å². The van der Waals surface area contributed by atoms with Gasteiger partial charge in [0, 0.05) is 12.2 Å². The van der Waals surface area contributed by atoms with Crippen molar-refractivity contribution in [3.8, 4) is 11.4 Å². The van der Waals surface area contributed by atoms with Gasteiger partial charge in [-0.05, 0) is 50.2 Å². The van der Waals surface area contributed by atoms with Crippen molar-refractivity contribution < 1.29 is 9.84 Å². The summed E-state index contributed by atoms with van der Waals surface area (Å²) in [7, 11) is 0. The molecule has 4 rings (SSSR count). The van der Waals surface area contributed by atoms with E-state index in [-0.39, 0.29) is 0 Å². The number of ether oxygens (including phenoxy) is 1. The average Bonchev–Trinajstić information content (AvgIpc) is 3.19. The van der Waals surface area contributed by atoms with E-state index in [1.54, 1.807) is 17.8 Å². The quantitative estimate of drug-likeness (QED) is 0.411. The van der Waals surface area contributed by atoms with Gasteiger partial charge in [0.1, 0.15) is 11.6 Å². The molecule has 1 unspecified atom stereocenters. The van der Waals surface area contributed by atoms with Crippen molar-refractivity contribution in [2.24, 2.45) is 0 Å². The van der Waals surface area contributed by atoms with Crippen LogP contribution in [0, 0.1) is 0 Å². The molecule has 30 heavy (non-hydrogen) atoms. The third-order valence-electron chi connectivity index (χ3n) is 4.41. The van der Waals surface area contributed by atoms with Crippen LogP contribution < -0.4 is 15.4 Å². The number of aromatic nitrogens is 4.